The number of nitrogens with one attached hydrogen (secondary N) is 1. The molecule has 1 aliphatic carbocycles. The highest BCUT2D eigenvalue weighted by atomic mass is 32.1. The van der Waals surface area contributed by atoms with Crippen molar-refractivity contribution in [2.45, 2.75) is 32.4 Å². The quantitative estimate of drug-likeness (QED) is 0.895. The molecule has 7 heteroatoms. The Morgan fingerprint density at radius 2 is 2.09 bits per heavy atom. The van der Waals surface area contributed by atoms with Crippen LogP contribution in [0.4, 0.5) is 0 Å². The summed E-state index contributed by atoms with van der Waals surface area (Å²) in [6.45, 7) is 2.54. The highest BCUT2D eigenvalue weighted by Gasteiger charge is 2.33. The van der Waals surface area contributed by atoms with E-state index in [-0.39, 0.29) is 17.3 Å². The molecule has 1 saturated carbocycles. The lowest BCUT2D eigenvalue weighted by Gasteiger charge is -2.17. The van der Waals surface area contributed by atoms with Gasteiger partial charge in [-0.15, -0.1) is 11.3 Å². The Hall–Kier alpha value is -1.73. The van der Waals surface area contributed by atoms with E-state index >= 15 is 0 Å². The van der Waals surface area contributed by atoms with Gasteiger partial charge in [0.15, 0.2) is 0 Å². The molecule has 1 aliphatic rings. The molecule has 118 valence electrons. The maximum atomic E-state index is 12.0. The number of hydrogen-bond acceptors (Lipinski definition) is 5. The lowest BCUT2D eigenvalue weighted by molar-refractivity contribution is 0.464. The van der Waals surface area contributed by atoms with Crippen molar-refractivity contribution in [3.05, 3.63) is 48.7 Å². The van der Waals surface area contributed by atoms with Crippen LogP contribution in [0.1, 0.15) is 34.5 Å². The van der Waals surface area contributed by atoms with Crippen molar-refractivity contribution in [2.24, 2.45) is 20.0 Å². The van der Waals surface area contributed by atoms with Gasteiger partial charge in [-0.2, -0.15) is 0 Å². The predicted molar refractivity (Wildman–Crippen MR) is 86.1 cm³/mol. The second-order valence-electron chi connectivity index (χ2n) is 5.88. The lowest BCUT2D eigenvalue weighted by atomic mass is 10.2. The summed E-state index contributed by atoms with van der Waals surface area (Å²) in [4.78, 5) is 29.4. The van der Waals surface area contributed by atoms with Crippen LogP contribution in [-0.2, 0) is 20.6 Å². The molecule has 1 N–H and O–H groups in total. The lowest BCUT2D eigenvalue weighted by Crippen LogP contribution is -2.39. The normalized spacial score (nSPS) is 16.0. The van der Waals surface area contributed by atoms with E-state index in [2.05, 4.69) is 17.2 Å². The van der Waals surface area contributed by atoms with Crippen LogP contribution >= 0.6 is 11.3 Å². The summed E-state index contributed by atoms with van der Waals surface area (Å²) >= 11 is 1.70. The fourth-order valence-electron chi connectivity index (χ4n) is 2.56. The molecule has 0 aromatic carbocycles. The average Bonchev–Trinajstić information content (AvgIpc) is 3.24. The van der Waals surface area contributed by atoms with Gasteiger partial charge < -0.3 is 5.32 Å². The number of nitrogens with zero attached hydrogens (tertiary/aromatic N) is 3. The van der Waals surface area contributed by atoms with Gasteiger partial charge >= 0.3 is 5.69 Å². The van der Waals surface area contributed by atoms with E-state index in [1.807, 2.05) is 6.20 Å². The van der Waals surface area contributed by atoms with Crippen LogP contribution in [0.25, 0.3) is 0 Å². The number of aromatic nitrogens is 3. The highest BCUT2D eigenvalue weighted by molar-refractivity contribution is 7.11. The van der Waals surface area contributed by atoms with E-state index in [0.29, 0.717) is 18.2 Å². The van der Waals surface area contributed by atoms with Crippen molar-refractivity contribution < 1.29 is 0 Å². The minimum Gasteiger partial charge on any atom is -0.302 e. The van der Waals surface area contributed by atoms with Crippen molar-refractivity contribution in [1.82, 2.24) is 19.4 Å². The molecule has 6 nitrogen and oxygen atoms in total. The second kappa shape index (κ2) is 5.81. The zero-order chi connectivity index (χ0) is 15.9. The maximum Gasteiger partial charge on any atom is 0.330 e. The third-order valence-electron chi connectivity index (χ3n) is 4.13. The Morgan fingerprint density at radius 3 is 2.68 bits per heavy atom. The van der Waals surface area contributed by atoms with Gasteiger partial charge in [0.05, 0.1) is 6.04 Å². The summed E-state index contributed by atoms with van der Waals surface area (Å²) in [6.07, 6.45) is 4.29. The van der Waals surface area contributed by atoms with Crippen molar-refractivity contribution in [2.75, 3.05) is 0 Å². The first-order chi connectivity index (χ1) is 10.5. The van der Waals surface area contributed by atoms with Crippen LogP contribution in [0, 0.1) is 12.8 Å². The van der Waals surface area contributed by atoms with Gasteiger partial charge in [-0.1, -0.05) is 0 Å². The predicted octanol–water partition coefficient (Wildman–Crippen LogP) is 1.09. The van der Waals surface area contributed by atoms with E-state index in [1.165, 1.54) is 35.4 Å². The Kier molecular flexibility index (Phi) is 4.01. The molecular weight excluding hydrogens is 300 g/mol. The minimum absolute atomic E-state index is 0.206. The molecule has 2 aromatic rings. The maximum absolute atomic E-state index is 12.0. The molecular formula is C15H20N4O2S. The van der Waals surface area contributed by atoms with E-state index in [9.17, 15) is 9.59 Å². The van der Waals surface area contributed by atoms with Crippen LogP contribution in [0.15, 0.2) is 21.9 Å². The molecule has 0 bridgehead atoms. The zero-order valence-electron chi connectivity index (χ0n) is 13.0. The monoisotopic (exact) mass is 320 g/mol. The summed E-state index contributed by atoms with van der Waals surface area (Å²) in [6, 6.07) is 1.73. The van der Waals surface area contributed by atoms with Crippen molar-refractivity contribution in [3.63, 3.8) is 0 Å². The Balaban J connectivity index is 1.81. The van der Waals surface area contributed by atoms with E-state index in [0.717, 1.165) is 9.57 Å². The number of rotatable bonds is 5. The number of thiazole rings is 1. The zero-order valence-corrected chi connectivity index (χ0v) is 13.8. The molecule has 0 aliphatic heterocycles. The largest absolute Gasteiger partial charge is 0.330 e. The van der Waals surface area contributed by atoms with Crippen molar-refractivity contribution in [1.29, 1.82) is 0 Å². The summed E-state index contributed by atoms with van der Waals surface area (Å²) in [5.41, 5.74) is 0.136. The third kappa shape index (κ3) is 2.91. The number of hydrogen-bond donors (Lipinski definition) is 1. The number of aryl methyl sites for hydroxylation is 1. The molecule has 2 heterocycles. The van der Waals surface area contributed by atoms with Gasteiger partial charge in [-0.05, 0) is 25.7 Å². The third-order valence-corrected chi connectivity index (χ3v) is 5.12. The Morgan fingerprint density at radius 1 is 1.36 bits per heavy atom. The van der Waals surface area contributed by atoms with Gasteiger partial charge in [0, 0.05) is 43.5 Å². The van der Waals surface area contributed by atoms with Crippen LogP contribution in [0.5, 0.6) is 0 Å². The van der Waals surface area contributed by atoms with Crippen LogP contribution in [0.2, 0.25) is 0 Å². The first-order valence-electron chi connectivity index (χ1n) is 7.39. The second-order valence-corrected chi connectivity index (χ2v) is 7.15. The highest BCUT2D eigenvalue weighted by Crippen LogP contribution is 2.42. The molecule has 0 radical (unpaired) electrons. The van der Waals surface area contributed by atoms with Crippen LogP contribution in [0.3, 0.4) is 0 Å². The standard InChI is InChI=1S/C15H20N4O2S/c1-9-7-17-14(22-9)13(10-4-5-10)16-8-11-6-12(20)19(3)15(21)18(11)2/h6-7,10,13,16H,4-5,8H2,1-3H3. The van der Waals surface area contributed by atoms with Gasteiger partial charge in [0.1, 0.15) is 5.01 Å². The molecule has 0 amide bonds. The van der Waals surface area contributed by atoms with E-state index in [4.69, 9.17) is 0 Å². The SMILES string of the molecule is Cc1cnc(C(NCc2cc(=O)n(C)c(=O)n2C)C2CC2)s1. The molecule has 1 fully saturated rings. The Bertz CT molecular complexity index is 801. The average molecular weight is 320 g/mol. The van der Waals surface area contributed by atoms with Crippen LogP contribution in [-0.4, -0.2) is 14.1 Å². The summed E-state index contributed by atoms with van der Waals surface area (Å²) in [5, 5.41) is 4.57. The van der Waals surface area contributed by atoms with Gasteiger partial charge in [0.2, 0.25) is 0 Å². The first kappa shape index (κ1) is 15.2. The molecule has 2 aromatic heterocycles. The van der Waals surface area contributed by atoms with Gasteiger partial charge in [0.25, 0.3) is 5.56 Å². The van der Waals surface area contributed by atoms with Gasteiger partial charge in [-0.3, -0.25) is 13.9 Å². The molecule has 1 unspecified atom stereocenters. The molecule has 0 spiro atoms. The molecule has 0 saturated heterocycles. The molecule has 22 heavy (non-hydrogen) atoms. The Labute approximate surface area is 132 Å². The fourth-order valence-corrected chi connectivity index (χ4v) is 3.51. The van der Waals surface area contributed by atoms with Crippen LogP contribution < -0.4 is 16.6 Å². The van der Waals surface area contributed by atoms with Crippen molar-refractivity contribution in [3.8, 4) is 0 Å². The topological polar surface area (TPSA) is 68.9 Å². The van der Waals surface area contributed by atoms with E-state index < -0.39 is 0 Å². The van der Waals surface area contributed by atoms with E-state index in [1.54, 1.807) is 18.4 Å². The minimum atomic E-state index is -0.294. The first-order valence-corrected chi connectivity index (χ1v) is 8.20. The smallest absolute Gasteiger partial charge is 0.302 e. The molecule has 3 rings (SSSR count). The van der Waals surface area contributed by atoms with Crippen molar-refractivity contribution >= 4 is 11.3 Å². The summed E-state index contributed by atoms with van der Waals surface area (Å²) in [5.74, 6) is 0.606. The summed E-state index contributed by atoms with van der Waals surface area (Å²) < 4.78 is 2.64. The summed E-state index contributed by atoms with van der Waals surface area (Å²) in [7, 11) is 3.19. The van der Waals surface area contributed by atoms with Gasteiger partial charge in [-0.25, -0.2) is 9.78 Å². The fraction of sp³-hybridized carbons (Fsp3) is 0.533. The molecule has 1 atom stereocenters.